The van der Waals surface area contributed by atoms with Crippen LogP contribution in [-0.2, 0) is 16.5 Å². The Hall–Kier alpha value is -0.414. The fraction of sp³-hybridized carbons (Fsp3) is 0.429. The molecule has 5 nitrogen and oxygen atoms in total. The number of rotatable bonds is 11. The first-order valence-corrected chi connectivity index (χ1v) is 10.9. The Morgan fingerprint density at radius 3 is 2.14 bits per heavy atom. The van der Waals surface area contributed by atoms with Crippen LogP contribution in [0.3, 0.4) is 0 Å². The van der Waals surface area contributed by atoms with Crippen LogP contribution in [0.2, 0.25) is 0 Å². The van der Waals surface area contributed by atoms with E-state index in [2.05, 4.69) is 6.92 Å². The van der Waals surface area contributed by atoms with Crippen LogP contribution in [-0.4, -0.2) is 13.0 Å². The van der Waals surface area contributed by atoms with E-state index in [1.165, 1.54) is 25.3 Å². The van der Waals surface area contributed by atoms with E-state index in [-0.39, 0.29) is 67.8 Å². The average Bonchev–Trinajstić information content (AvgIpc) is 2.63. The number of para-hydroxylation sites is 1. The van der Waals surface area contributed by atoms with Crippen molar-refractivity contribution in [2.45, 2.75) is 63.2 Å². The summed E-state index contributed by atoms with van der Waals surface area (Å²) in [6, 6.07) is 10.9. The van der Waals surface area contributed by atoms with E-state index in [0.29, 0.717) is 17.7 Å². The fourth-order valence-corrected chi connectivity index (χ4v) is 3.64. The molecular weight excluding hydrogens is 403 g/mol. The van der Waals surface area contributed by atoms with Crippen LogP contribution in [0, 0.1) is 0 Å². The van der Waals surface area contributed by atoms with E-state index >= 15 is 0 Å². The first kappa shape index (κ1) is 25.6. The van der Waals surface area contributed by atoms with Crippen molar-refractivity contribution in [3.63, 3.8) is 0 Å². The second-order valence-electron chi connectivity index (χ2n) is 6.63. The molecule has 0 saturated heterocycles. The van der Waals surface area contributed by atoms with E-state index in [4.69, 9.17) is 4.74 Å². The predicted octanol–water partition coefficient (Wildman–Crippen LogP) is 2.10. The van der Waals surface area contributed by atoms with Crippen molar-refractivity contribution in [1.29, 1.82) is 0 Å². The molecule has 0 aliphatic rings. The van der Waals surface area contributed by atoms with Crippen molar-refractivity contribution in [2.24, 2.45) is 0 Å². The summed E-state index contributed by atoms with van der Waals surface area (Å²) in [7, 11) is -4.50. The summed E-state index contributed by atoms with van der Waals surface area (Å²) in [5.41, 5.74) is 0.294. The van der Waals surface area contributed by atoms with Crippen LogP contribution in [0.15, 0.2) is 47.4 Å². The maximum absolute atomic E-state index is 12.4. The van der Waals surface area contributed by atoms with Gasteiger partial charge in [0.15, 0.2) is 5.75 Å². The summed E-state index contributed by atoms with van der Waals surface area (Å²) in [4.78, 5) is -0.371. The van der Waals surface area contributed by atoms with Gasteiger partial charge in [-0.2, -0.15) is 8.42 Å². The van der Waals surface area contributed by atoms with E-state index in [0.717, 1.165) is 31.7 Å². The van der Waals surface area contributed by atoms with Crippen LogP contribution in [0.4, 0.5) is 0 Å². The average molecular weight is 431 g/mol. The molecule has 0 radical (unpaired) electrons. The molecule has 0 bridgehead atoms. The van der Waals surface area contributed by atoms with Crippen LogP contribution < -0.4 is 61.2 Å². The van der Waals surface area contributed by atoms with Gasteiger partial charge in [-0.25, -0.2) is 0 Å². The summed E-state index contributed by atoms with van der Waals surface area (Å²) in [5.74, 6) is 0.0651. The molecule has 0 heterocycles. The van der Waals surface area contributed by atoms with E-state index in [1.54, 1.807) is 30.3 Å². The van der Waals surface area contributed by atoms with Crippen molar-refractivity contribution >= 4 is 10.1 Å². The van der Waals surface area contributed by atoms with Gasteiger partial charge in [-0.1, -0.05) is 69.7 Å². The topological polar surface area (TPSA) is 86.7 Å². The summed E-state index contributed by atoms with van der Waals surface area (Å²) in [6.45, 7) is 2.17. The van der Waals surface area contributed by atoms with Gasteiger partial charge < -0.3 is 9.84 Å². The molecule has 28 heavy (non-hydrogen) atoms. The third-order valence-electron chi connectivity index (χ3n) is 4.45. The number of ether oxygens (including phenoxy) is 1. The monoisotopic (exact) mass is 430 g/mol. The number of hydrogen-bond donors (Lipinski definition) is 1. The molecule has 0 aliphatic heterocycles. The summed E-state index contributed by atoms with van der Waals surface area (Å²) in [6.07, 6.45) is 8.03. The zero-order valence-electron chi connectivity index (χ0n) is 16.7. The van der Waals surface area contributed by atoms with Gasteiger partial charge in [0, 0.05) is 0 Å². The van der Waals surface area contributed by atoms with E-state index in [1.807, 2.05) is 0 Å². The van der Waals surface area contributed by atoms with Gasteiger partial charge in [-0.3, -0.25) is 4.55 Å². The Kier molecular flexibility index (Phi) is 11.9. The van der Waals surface area contributed by atoms with Crippen molar-refractivity contribution in [3.8, 4) is 17.2 Å². The Labute approximate surface area is 210 Å². The second kappa shape index (κ2) is 13.0. The first-order valence-electron chi connectivity index (χ1n) is 9.46. The van der Waals surface area contributed by atoms with Gasteiger partial charge in [0.25, 0.3) is 10.1 Å². The SMILES string of the molecule is CCCCCCCCCc1c([O-])ccc(S(=O)(=O)O)c1Oc1ccccc1.[K+]. The normalized spacial score (nSPS) is 11.1. The van der Waals surface area contributed by atoms with Gasteiger partial charge in [-0.05, 0) is 36.6 Å². The Morgan fingerprint density at radius 2 is 1.54 bits per heavy atom. The molecule has 2 aromatic rings. The largest absolute Gasteiger partial charge is 1.00 e. The van der Waals surface area contributed by atoms with Gasteiger partial charge >= 0.3 is 51.4 Å². The summed E-state index contributed by atoms with van der Waals surface area (Å²) < 4.78 is 38.8. The molecule has 0 aromatic heterocycles. The van der Waals surface area contributed by atoms with Crippen molar-refractivity contribution < 1.29 is 74.2 Å². The van der Waals surface area contributed by atoms with Crippen LogP contribution in [0.5, 0.6) is 17.2 Å². The van der Waals surface area contributed by atoms with Crippen molar-refractivity contribution in [1.82, 2.24) is 0 Å². The smallest absolute Gasteiger partial charge is 0.872 e. The molecule has 0 fully saturated rings. The Morgan fingerprint density at radius 1 is 0.929 bits per heavy atom. The molecule has 0 amide bonds. The minimum Gasteiger partial charge on any atom is -0.872 e. The summed E-state index contributed by atoms with van der Waals surface area (Å²) >= 11 is 0. The number of hydrogen-bond acceptors (Lipinski definition) is 4. The van der Waals surface area contributed by atoms with Crippen LogP contribution in [0.1, 0.15) is 57.4 Å². The quantitative estimate of drug-likeness (QED) is 0.335. The van der Waals surface area contributed by atoms with Gasteiger partial charge in [0.05, 0.1) is 0 Å². The van der Waals surface area contributed by atoms with E-state index < -0.39 is 10.1 Å². The third-order valence-corrected chi connectivity index (χ3v) is 5.33. The molecule has 0 saturated carbocycles. The van der Waals surface area contributed by atoms with Gasteiger partial charge in [0.1, 0.15) is 10.6 Å². The maximum atomic E-state index is 12.4. The molecule has 148 valence electrons. The van der Waals surface area contributed by atoms with Crippen molar-refractivity contribution in [2.75, 3.05) is 0 Å². The first-order chi connectivity index (χ1) is 12.9. The third kappa shape index (κ3) is 8.14. The fourth-order valence-electron chi connectivity index (χ4n) is 3.01. The summed E-state index contributed by atoms with van der Waals surface area (Å²) in [5, 5.41) is 12.4. The Bertz CT molecular complexity index is 822. The zero-order valence-corrected chi connectivity index (χ0v) is 20.6. The molecule has 2 aromatic carbocycles. The Balaban J connectivity index is 0.00000392. The minimum atomic E-state index is -4.50. The maximum Gasteiger partial charge on any atom is 1.00 e. The van der Waals surface area contributed by atoms with Gasteiger partial charge in [-0.15, -0.1) is 5.75 Å². The second-order valence-corrected chi connectivity index (χ2v) is 8.02. The molecule has 7 heteroatoms. The molecule has 0 aliphatic carbocycles. The number of unbranched alkanes of at least 4 members (excludes halogenated alkanes) is 6. The molecule has 0 spiro atoms. The molecule has 2 rings (SSSR count). The standard InChI is InChI=1S/C21H28O5S.K/c1-2-3-4-5-6-7-11-14-18-19(22)15-16-20(27(23,24)25)21(18)26-17-12-9-8-10-13-17;/h8-10,12-13,15-16,22H,2-7,11,14H2,1H3,(H,23,24,25);/q;+1/p-1. The zero-order chi connectivity index (χ0) is 19.7. The van der Waals surface area contributed by atoms with Crippen LogP contribution in [0.25, 0.3) is 0 Å². The molecular formula is C21H27KO5S. The minimum absolute atomic E-state index is 0. The van der Waals surface area contributed by atoms with Crippen LogP contribution >= 0.6 is 0 Å². The van der Waals surface area contributed by atoms with Crippen molar-refractivity contribution in [3.05, 3.63) is 48.0 Å². The van der Waals surface area contributed by atoms with E-state index in [9.17, 15) is 18.1 Å². The molecule has 0 atom stereocenters. The molecule has 1 N–H and O–H groups in total. The van der Waals surface area contributed by atoms with Gasteiger partial charge in [0.2, 0.25) is 0 Å². The predicted molar refractivity (Wildman–Crippen MR) is 104 cm³/mol. The number of benzene rings is 2. The molecule has 0 unspecified atom stereocenters.